The normalized spacial score (nSPS) is 9.69. The van der Waals surface area contributed by atoms with E-state index < -0.39 is 5.97 Å². The van der Waals surface area contributed by atoms with Gasteiger partial charge < -0.3 is 9.47 Å². The molecule has 0 aliphatic heterocycles. The molecule has 0 spiro atoms. The summed E-state index contributed by atoms with van der Waals surface area (Å²) in [5.74, 6) is -0.210. The molecule has 1 aromatic heterocycles. The van der Waals surface area contributed by atoms with Gasteiger partial charge in [-0.05, 0) is 19.9 Å². The van der Waals surface area contributed by atoms with E-state index in [1.165, 1.54) is 19.4 Å². The zero-order valence-electron chi connectivity index (χ0n) is 9.35. The average Bonchev–Trinajstić information content (AvgIpc) is 2.27. The Kier molecular flexibility index (Phi) is 3.84. The molecule has 0 bridgehead atoms. The minimum Gasteiger partial charge on any atom is -0.488 e. The van der Waals surface area contributed by atoms with E-state index in [1.54, 1.807) is 0 Å². The van der Waals surface area contributed by atoms with Crippen molar-refractivity contribution in [2.75, 3.05) is 7.11 Å². The van der Waals surface area contributed by atoms with Gasteiger partial charge in [-0.25, -0.2) is 9.78 Å². The lowest BCUT2D eigenvalue weighted by Gasteiger charge is -2.10. The minimum atomic E-state index is -0.576. The number of nitriles is 1. The Morgan fingerprint density at radius 1 is 1.56 bits per heavy atom. The molecule has 84 valence electrons. The molecule has 0 aliphatic rings. The van der Waals surface area contributed by atoms with Crippen LogP contribution >= 0.6 is 0 Å². The number of nitrogens with zero attached hydrogens (tertiary/aromatic N) is 2. The topological polar surface area (TPSA) is 72.2 Å². The number of hydrogen-bond acceptors (Lipinski definition) is 5. The van der Waals surface area contributed by atoms with Crippen LogP contribution in [0.15, 0.2) is 12.3 Å². The molecule has 0 amide bonds. The number of hydrogen-bond donors (Lipinski definition) is 0. The molecule has 5 heteroatoms. The Bertz CT molecular complexity index is 435. The average molecular weight is 220 g/mol. The van der Waals surface area contributed by atoms with E-state index in [0.29, 0.717) is 5.75 Å². The summed E-state index contributed by atoms with van der Waals surface area (Å²) in [6.45, 7) is 3.69. The van der Waals surface area contributed by atoms with Crippen LogP contribution in [0, 0.1) is 11.3 Å². The summed E-state index contributed by atoms with van der Waals surface area (Å²) in [5.41, 5.74) is 0.360. The van der Waals surface area contributed by atoms with Gasteiger partial charge in [0.05, 0.1) is 25.0 Å². The Morgan fingerprint density at radius 2 is 2.25 bits per heavy atom. The number of methoxy groups -OCH3 is 1. The Balaban J connectivity index is 3.08. The van der Waals surface area contributed by atoms with Gasteiger partial charge >= 0.3 is 5.97 Å². The van der Waals surface area contributed by atoms with Crippen molar-refractivity contribution in [1.82, 2.24) is 4.98 Å². The van der Waals surface area contributed by atoms with E-state index in [9.17, 15) is 4.79 Å². The fraction of sp³-hybridized carbons (Fsp3) is 0.364. The minimum absolute atomic E-state index is 0.0575. The summed E-state index contributed by atoms with van der Waals surface area (Å²) >= 11 is 0. The molecule has 0 saturated carbocycles. The monoisotopic (exact) mass is 220 g/mol. The molecular weight excluding hydrogens is 208 g/mol. The number of ether oxygens (including phenoxy) is 2. The summed E-state index contributed by atoms with van der Waals surface area (Å²) in [7, 11) is 1.26. The van der Waals surface area contributed by atoms with E-state index in [4.69, 9.17) is 10.00 Å². The van der Waals surface area contributed by atoms with Crippen LogP contribution in [-0.2, 0) is 4.74 Å². The standard InChI is InChI=1S/C11H12N2O3/c1-7(2)16-10-6-13-9(11(14)15-3)4-8(10)5-12/h4,6-7H,1-3H3. The van der Waals surface area contributed by atoms with Crippen molar-refractivity contribution in [1.29, 1.82) is 5.26 Å². The van der Waals surface area contributed by atoms with Crippen LogP contribution in [-0.4, -0.2) is 24.2 Å². The molecular formula is C11H12N2O3. The van der Waals surface area contributed by atoms with Gasteiger partial charge in [0.2, 0.25) is 0 Å². The second-order valence-electron chi connectivity index (χ2n) is 3.34. The van der Waals surface area contributed by atoms with E-state index in [2.05, 4.69) is 9.72 Å². The highest BCUT2D eigenvalue weighted by Crippen LogP contribution is 2.18. The first-order valence-corrected chi connectivity index (χ1v) is 4.73. The molecule has 1 rings (SSSR count). The second-order valence-corrected chi connectivity index (χ2v) is 3.34. The van der Waals surface area contributed by atoms with Crippen LogP contribution in [0.3, 0.4) is 0 Å². The van der Waals surface area contributed by atoms with E-state index in [-0.39, 0.29) is 17.4 Å². The highest BCUT2D eigenvalue weighted by atomic mass is 16.5. The van der Waals surface area contributed by atoms with Crippen molar-refractivity contribution in [2.45, 2.75) is 20.0 Å². The third-order valence-electron chi connectivity index (χ3n) is 1.75. The van der Waals surface area contributed by atoms with Crippen LogP contribution in [0.25, 0.3) is 0 Å². The first-order chi connectivity index (χ1) is 7.58. The van der Waals surface area contributed by atoms with Gasteiger partial charge in [-0.2, -0.15) is 5.26 Å². The SMILES string of the molecule is COC(=O)c1cc(C#N)c(OC(C)C)cn1. The summed E-state index contributed by atoms with van der Waals surface area (Å²) in [5, 5.41) is 8.90. The number of pyridine rings is 1. The molecule has 0 saturated heterocycles. The van der Waals surface area contributed by atoms with Gasteiger partial charge in [0.1, 0.15) is 11.8 Å². The highest BCUT2D eigenvalue weighted by Gasteiger charge is 2.12. The summed E-state index contributed by atoms with van der Waals surface area (Å²) < 4.78 is 9.87. The molecule has 5 nitrogen and oxygen atoms in total. The van der Waals surface area contributed by atoms with Gasteiger partial charge in [-0.3, -0.25) is 0 Å². The van der Waals surface area contributed by atoms with Gasteiger partial charge in [-0.1, -0.05) is 0 Å². The zero-order valence-corrected chi connectivity index (χ0v) is 9.35. The van der Waals surface area contributed by atoms with Crippen molar-refractivity contribution in [2.24, 2.45) is 0 Å². The Hall–Kier alpha value is -2.09. The fourth-order valence-electron chi connectivity index (χ4n) is 1.09. The third kappa shape index (κ3) is 2.70. The van der Waals surface area contributed by atoms with Crippen LogP contribution in [0.1, 0.15) is 29.9 Å². The molecule has 0 unspecified atom stereocenters. The van der Waals surface area contributed by atoms with Crippen molar-refractivity contribution in [3.05, 3.63) is 23.5 Å². The third-order valence-corrected chi connectivity index (χ3v) is 1.75. The second kappa shape index (κ2) is 5.12. The molecule has 0 aliphatic carbocycles. The number of carbonyl (C=O) groups excluding carboxylic acids is 1. The molecule has 1 aromatic rings. The van der Waals surface area contributed by atoms with Crippen molar-refractivity contribution in [3.63, 3.8) is 0 Å². The smallest absolute Gasteiger partial charge is 0.356 e. The predicted octanol–water partition coefficient (Wildman–Crippen LogP) is 1.53. The lowest BCUT2D eigenvalue weighted by atomic mass is 10.2. The fourth-order valence-corrected chi connectivity index (χ4v) is 1.09. The largest absolute Gasteiger partial charge is 0.488 e. The molecule has 0 N–H and O–H groups in total. The first-order valence-electron chi connectivity index (χ1n) is 4.73. The van der Waals surface area contributed by atoms with Crippen molar-refractivity contribution in [3.8, 4) is 11.8 Å². The molecule has 1 heterocycles. The van der Waals surface area contributed by atoms with Gasteiger partial charge in [-0.15, -0.1) is 0 Å². The number of esters is 1. The van der Waals surface area contributed by atoms with Crippen LogP contribution in [0.5, 0.6) is 5.75 Å². The maximum atomic E-state index is 11.2. The molecule has 0 radical (unpaired) electrons. The van der Waals surface area contributed by atoms with Gasteiger partial charge in [0.25, 0.3) is 0 Å². The zero-order chi connectivity index (χ0) is 12.1. The van der Waals surface area contributed by atoms with Crippen LogP contribution < -0.4 is 4.74 Å². The highest BCUT2D eigenvalue weighted by molar-refractivity contribution is 5.87. The lowest BCUT2D eigenvalue weighted by Crippen LogP contribution is -2.09. The van der Waals surface area contributed by atoms with E-state index in [1.807, 2.05) is 19.9 Å². The maximum absolute atomic E-state index is 11.2. The molecule has 0 atom stereocenters. The van der Waals surface area contributed by atoms with Crippen molar-refractivity contribution < 1.29 is 14.3 Å². The maximum Gasteiger partial charge on any atom is 0.356 e. The summed E-state index contributed by atoms with van der Waals surface area (Å²) in [4.78, 5) is 15.0. The molecule has 0 aromatic carbocycles. The predicted molar refractivity (Wildman–Crippen MR) is 56.1 cm³/mol. The lowest BCUT2D eigenvalue weighted by molar-refractivity contribution is 0.0594. The van der Waals surface area contributed by atoms with Crippen LogP contribution in [0.4, 0.5) is 0 Å². The van der Waals surface area contributed by atoms with E-state index in [0.717, 1.165) is 0 Å². The summed E-state index contributed by atoms with van der Waals surface area (Å²) in [6, 6.07) is 3.30. The number of rotatable bonds is 3. The Morgan fingerprint density at radius 3 is 2.75 bits per heavy atom. The van der Waals surface area contributed by atoms with Gasteiger partial charge in [0.15, 0.2) is 5.75 Å². The van der Waals surface area contributed by atoms with Crippen molar-refractivity contribution >= 4 is 5.97 Å². The Labute approximate surface area is 93.6 Å². The van der Waals surface area contributed by atoms with Crippen LogP contribution in [0.2, 0.25) is 0 Å². The molecule has 0 fully saturated rings. The number of carbonyl (C=O) groups is 1. The quantitative estimate of drug-likeness (QED) is 0.722. The number of aromatic nitrogens is 1. The van der Waals surface area contributed by atoms with E-state index >= 15 is 0 Å². The summed E-state index contributed by atoms with van der Waals surface area (Å²) in [6.07, 6.45) is 1.29. The van der Waals surface area contributed by atoms with Gasteiger partial charge in [0, 0.05) is 0 Å². The molecule has 16 heavy (non-hydrogen) atoms. The first kappa shape index (κ1) is 12.0.